The number of methoxy groups -OCH3 is 1. The molecule has 2 rings (SSSR count). The first-order chi connectivity index (χ1) is 10.6. The van der Waals surface area contributed by atoms with Gasteiger partial charge in [-0.15, -0.1) is 0 Å². The smallest absolute Gasteiger partial charge is 0.325 e. The minimum Gasteiger partial charge on any atom is -0.468 e. The highest BCUT2D eigenvalue weighted by Crippen LogP contribution is 2.22. The molecule has 0 spiro atoms. The maximum Gasteiger partial charge on any atom is 0.325 e. The SMILES string of the molecule is CCOC(=O)Cn1cc(CC(N)C(=O)OC)c2ccccc21. The second kappa shape index (κ2) is 7.09. The van der Waals surface area contributed by atoms with Crippen molar-refractivity contribution < 1.29 is 19.1 Å². The number of para-hydroxylation sites is 1. The number of nitrogens with zero attached hydrogens (tertiary/aromatic N) is 1. The molecule has 1 heterocycles. The zero-order valence-electron chi connectivity index (χ0n) is 12.7. The van der Waals surface area contributed by atoms with Crippen LogP contribution in [0.2, 0.25) is 0 Å². The maximum atomic E-state index is 11.7. The van der Waals surface area contributed by atoms with E-state index in [2.05, 4.69) is 4.74 Å². The van der Waals surface area contributed by atoms with Gasteiger partial charge in [0.1, 0.15) is 12.6 Å². The first-order valence-electron chi connectivity index (χ1n) is 7.12. The minimum absolute atomic E-state index is 0.127. The fraction of sp³-hybridized carbons (Fsp3) is 0.375. The molecule has 0 fully saturated rings. The molecule has 0 radical (unpaired) electrons. The number of benzene rings is 1. The van der Waals surface area contributed by atoms with Crippen LogP contribution in [-0.2, 0) is 32.0 Å². The molecule has 0 amide bonds. The molecular weight excluding hydrogens is 284 g/mol. The number of ether oxygens (including phenoxy) is 2. The van der Waals surface area contributed by atoms with Gasteiger partial charge in [-0.05, 0) is 18.6 Å². The van der Waals surface area contributed by atoms with Crippen LogP contribution in [-0.4, -0.2) is 36.3 Å². The summed E-state index contributed by atoms with van der Waals surface area (Å²) in [7, 11) is 1.31. The lowest BCUT2D eigenvalue weighted by atomic mass is 10.1. The molecule has 2 aromatic rings. The number of aromatic nitrogens is 1. The van der Waals surface area contributed by atoms with Gasteiger partial charge in [-0.2, -0.15) is 0 Å². The third kappa shape index (κ3) is 3.46. The van der Waals surface area contributed by atoms with Crippen molar-refractivity contribution in [2.24, 2.45) is 5.73 Å². The number of carbonyl (C=O) groups is 2. The Hall–Kier alpha value is -2.34. The maximum absolute atomic E-state index is 11.7. The number of nitrogens with two attached hydrogens (primary N) is 1. The molecule has 2 N–H and O–H groups in total. The Bertz CT molecular complexity index is 678. The van der Waals surface area contributed by atoms with Crippen molar-refractivity contribution in [1.29, 1.82) is 0 Å². The molecule has 0 aliphatic rings. The fourth-order valence-electron chi connectivity index (χ4n) is 2.43. The molecule has 1 unspecified atom stereocenters. The molecule has 22 heavy (non-hydrogen) atoms. The third-order valence-electron chi connectivity index (χ3n) is 3.42. The van der Waals surface area contributed by atoms with E-state index in [9.17, 15) is 9.59 Å². The van der Waals surface area contributed by atoms with Gasteiger partial charge in [0.05, 0.1) is 13.7 Å². The summed E-state index contributed by atoms with van der Waals surface area (Å²) < 4.78 is 11.4. The Balaban J connectivity index is 2.31. The first kappa shape index (κ1) is 16.0. The molecule has 0 saturated heterocycles. The number of hydrogen-bond donors (Lipinski definition) is 1. The lowest BCUT2D eigenvalue weighted by Crippen LogP contribution is -2.33. The van der Waals surface area contributed by atoms with E-state index in [-0.39, 0.29) is 12.5 Å². The Morgan fingerprint density at radius 3 is 2.73 bits per heavy atom. The van der Waals surface area contributed by atoms with Crippen molar-refractivity contribution >= 4 is 22.8 Å². The highest BCUT2D eigenvalue weighted by Gasteiger charge is 2.18. The standard InChI is InChI=1S/C16H20N2O4/c1-3-22-15(19)10-18-9-11(8-13(17)16(20)21-2)12-6-4-5-7-14(12)18/h4-7,9,13H,3,8,10,17H2,1-2H3. The molecule has 0 bridgehead atoms. The van der Waals surface area contributed by atoms with Crippen LogP contribution in [0.1, 0.15) is 12.5 Å². The van der Waals surface area contributed by atoms with E-state index in [0.29, 0.717) is 13.0 Å². The molecule has 1 atom stereocenters. The van der Waals surface area contributed by atoms with Gasteiger partial charge in [-0.1, -0.05) is 18.2 Å². The van der Waals surface area contributed by atoms with Gasteiger partial charge in [-0.3, -0.25) is 9.59 Å². The van der Waals surface area contributed by atoms with Crippen LogP contribution in [0.25, 0.3) is 10.9 Å². The van der Waals surface area contributed by atoms with Gasteiger partial charge in [0, 0.05) is 23.5 Å². The highest BCUT2D eigenvalue weighted by atomic mass is 16.5. The van der Waals surface area contributed by atoms with E-state index in [1.807, 2.05) is 35.0 Å². The van der Waals surface area contributed by atoms with Crippen LogP contribution in [0, 0.1) is 0 Å². The van der Waals surface area contributed by atoms with Gasteiger partial charge in [0.15, 0.2) is 0 Å². The van der Waals surface area contributed by atoms with Crippen LogP contribution in [0.15, 0.2) is 30.5 Å². The molecule has 0 aliphatic heterocycles. The normalized spacial score (nSPS) is 12.1. The average molecular weight is 304 g/mol. The van der Waals surface area contributed by atoms with Gasteiger partial charge < -0.3 is 19.8 Å². The molecular formula is C16H20N2O4. The lowest BCUT2D eigenvalue weighted by molar-refractivity contribution is -0.144. The van der Waals surface area contributed by atoms with E-state index in [0.717, 1.165) is 16.5 Å². The van der Waals surface area contributed by atoms with Crippen molar-refractivity contribution in [2.75, 3.05) is 13.7 Å². The predicted molar refractivity (Wildman–Crippen MR) is 82.3 cm³/mol. The largest absolute Gasteiger partial charge is 0.468 e. The number of carbonyl (C=O) groups excluding carboxylic acids is 2. The van der Waals surface area contributed by atoms with Crippen LogP contribution in [0.4, 0.5) is 0 Å². The summed E-state index contributed by atoms with van der Waals surface area (Å²) in [4.78, 5) is 23.2. The van der Waals surface area contributed by atoms with Gasteiger partial charge >= 0.3 is 11.9 Å². The topological polar surface area (TPSA) is 83.5 Å². The van der Waals surface area contributed by atoms with E-state index in [1.165, 1.54) is 7.11 Å². The van der Waals surface area contributed by atoms with Crippen molar-refractivity contribution in [3.05, 3.63) is 36.0 Å². The van der Waals surface area contributed by atoms with Crippen LogP contribution >= 0.6 is 0 Å². The molecule has 6 heteroatoms. The zero-order valence-corrected chi connectivity index (χ0v) is 12.7. The third-order valence-corrected chi connectivity index (χ3v) is 3.42. The van der Waals surface area contributed by atoms with Gasteiger partial charge in [-0.25, -0.2) is 0 Å². The summed E-state index contributed by atoms with van der Waals surface area (Å²) in [6.07, 6.45) is 2.19. The van der Waals surface area contributed by atoms with E-state index in [4.69, 9.17) is 10.5 Å². The molecule has 0 saturated carbocycles. The van der Waals surface area contributed by atoms with Gasteiger partial charge in [0.25, 0.3) is 0 Å². The Morgan fingerprint density at radius 2 is 2.05 bits per heavy atom. The summed E-state index contributed by atoms with van der Waals surface area (Å²) in [6.45, 7) is 2.24. The summed E-state index contributed by atoms with van der Waals surface area (Å²) in [6, 6.07) is 6.93. The number of hydrogen-bond acceptors (Lipinski definition) is 5. The quantitative estimate of drug-likeness (QED) is 0.812. The first-order valence-corrected chi connectivity index (χ1v) is 7.12. The number of rotatable bonds is 6. The van der Waals surface area contributed by atoms with Crippen molar-refractivity contribution in [3.63, 3.8) is 0 Å². The van der Waals surface area contributed by atoms with Crippen LogP contribution in [0.5, 0.6) is 0 Å². The number of esters is 2. The zero-order chi connectivity index (χ0) is 16.1. The number of fused-ring (bicyclic) bond motifs is 1. The van der Waals surface area contributed by atoms with Crippen LogP contribution in [0.3, 0.4) is 0 Å². The molecule has 0 aliphatic carbocycles. The molecule has 1 aromatic heterocycles. The molecule has 1 aromatic carbocycles. The predicted octanol–water partition coefficient (Wildman–Crippen LogP) is 1.25. The van der Waals surface area contributed by atoms with Crippen molar-refractivity contribution in [3.8, 4) is 0 Å². The highest BCUT2D eigenvalue weighted by molar-refractivity contribution is 5.86. The Labute approximate surface area is 128 Å². The second-order valence-electron chi connectivity index (χ2n) is 4.94. The van der Waals surface area contributed by atoms with Gasteiger partial charge in [0.2, 0.25) is 0 Å². The Morgan fingerprint density at radius 1 is 1.32 bits per heavy atom. The van der Waals surface area contributed by atoms with E-state index < -0.39 is 12.0 Å². The van der Waals surface area contributed by atoms with E-state index >= 15 is 0 Å². The summed E-state index contributed by atoms with van der Waals surface area (Å²) in [5.41, 5.74) is 7.64. The fourth-order valence-corrected chi connectivity index (χ4v) is 2.43. The molecule has 6 nitrogen and oxygen atoms in total. The molecule has 118 valence electrons. The average Bonchev–Trinajstić information content (AvgIpc) is 2.84. The summed E-state index contributed by atoms with van der Waals surface area (Å²) >= 11 is 0. The van der Waals surface area contributed by atoms with Crippen molar-refractivity contribution in [2.45, 2.75) is 25.9 Å². The van der Waals surface area contributed by atoms with Crippen LogP contribution < -0.4 is 5.73 Å². The minimum atomic E-state index is -0.730. The Kier molecular flexibility index (Phi) is 5.16. The summed E-state index contributed by atoms with van der Waals surface area (Å²) in [5.74, 6) is -0.755. The lowest BCUT2D eigenvalue weighted by Gasteiger charge is -2.07. The summed E-state index contributed by atoms with van der Waals surface area (Å²) in [5, 5.41) is 0.964. The van der Waals surface area contributed by atoms with Crippen molar-refractivity contribution in [1.82, 2.24) is 4.57 Å². The van der Waals surface area contributed by atoms with E-state index in [1.54, 1.807) is 6.92 Å². The monoisotopic (exact) mass is 304 g/mol. The second-order valence-corrected chi connectivity index (χ2v) is 4.94.